The summed E-state index contributed by atoms with van der Waals surface area (Å²) in [6.45, 7) is 0.606. The number of carbonyl (C=O) groups is 3. The van der Waals surface area contributed by atoms with Crippen LogP contribution in [0.25, 0.3) is 0 Å². The first-order valence-corrected chi connectivity index (χ1v) is 8.31. The minimum absolute atomic E-state index is 0.00545. The Morgan fingerprint density at radius 3 is 2.69 bits per heavy atom. The minimum Gasteiger partial charge on any atom is -0.535 e. The number of hydrogen-bond donors (Lipinski definition) is 3. The quantitative estimate of drug-likeness (QED) is 0.588. The third-order valence-electron chi connectivity index (χ3n) is 4.41. The second kappa shape index (κ2) is 7.24. The minimum atomic E-state index is -1.21. The molecular formula is C16H19BN2O7. The third-order valence-corrected chi connectivity index (χ3v) is 4.41. The van der Waals surface area contributed by atoms with E-state index < -0.39 is 19.0 Å². The Morgan fingerprint density at radius 2 is 2.04 bits per heavy atom. The zero-order chi connectivity index (χ0) is 18.8. The first-order valence-electron chi connectivity index (χ1n) is 8.31. The Bertz CT molecular complexity index is 748. The van der Waals surface area contributed by atoms with Crippen molar-refractivity contribution in [3.8, 4) is 11.5 Å². The van der Waals surface area contributed by atoms with Crippen LogP contribution >= 0.6 is 0 Å². The average Bonchev–Trinajstić information content (AvgIpc) is 2.54. The number of carboxylic acid groups (broad SMARTS) is 1. The molecule has 0 bridgehead atoms. The Kier molecular flexibility index (Phi) is 5.03. The number of primary amides is 1. The first kappa shape index (κ1) is 18.1. The maximum atomic E-state index is 11.9. The van der Waals surface area contributed by atoms with E-state index in [1.165, 1.54) is 4.90 Å². The molecule has 0 aliphatic carbocycles. The highest BCUT2D eigenvalue weighted by molar-refractivity contribution is 6.44. The maximum absolute atomic E-state index is 11.9. The number of ether oxygens (including phenoxy) is 1. The average molecular weight is 362 g/mol. The van der Waals surface area contributed by atoms with E-state index in [0.29, 0.717) is 31.4 Å². The van der Waals surface area contributed by atoms with Crippen LogP contribution in [0, 0.1) is 0 Å². The molecule has 0 spiro atoms. The lowest BCUT2D eigenvalue weighted by molar-refractivity contribution is -0.141. The van der Waals surface area contributed by atoms with E-state index in [9.17, 15) is 24.5 Å². The van der Waals surface area contributed by atoms with Crippen LogP contribution in [-0.4, -0.2) is 59.1 Å². The summed E-state index contributed by atoms with van der Waals surface area (Å²) in [4.78, 5) is 35.8. The number of aromatic carboxylic acids is 1. The van der Waals surface area contributed by atoms with E-state index in [-0.39, 0.29) is 41.9 Å². The molecule has 1 saturated heterocycles. The molecule has 4 N–H and O–H groups in total. The fourth-order valence-electron chi connectivity index (χ4n) is 3.00. The Morgan fingerprint density at radius 1 is 1.31 bits per heavy atom. The van der Waals surface area contributed by atoms with Crippen molar-refractivity contribution in [2.45, 2.75) is 31.7 Å². The van der Waals surface area contributed by atoms with E-state index in [2.05, 4.69) is 0 Å². The van der Waals surface area contributed by atoms with Crippen molar-refractivity contribution >= 4 is 24.9 Å². The number of fused-ring (bicyclic) bond motifs is 1. The predicted molar refractivity (Wildman–Crippen MR) is 89.9 cm³/mol. The molecule has 10 heteroatoms. The molecule has 1 aromatic rings. The highest BCUT2D eigenvalue weighted by Crippen LogP contribution is 2.37. The molecule has 3 rings (SSSR count). The lowest BCUT2D eigenvalue weighted by atomic mass is 9.78. The third kappa shape index (κ3) is 3.74. The van der Waals surface area contributed by atoms with Crippen LogP contribution in [0.1, 0.15) is 28.8 Å². The number of hydrogen-bond acceptors (Lipinski definition) is 6. The molecule has 138 valence electrons. The van der Waals surface area contributed by atoms with Crippen LogP contribution in [0.3, 0.4) is 0 Å². The predicted octanol–water partition coefficient (Wildman–Crippen LogP) is -0.345. The van der Waals surface area contributed by atoms with Crippen molar-refractivity contribution in [2.75, 3.05) is 13.1 Å². The lowest BCUT2D eigenvalue weighted by Crippen LogP contribution is -2.56. The van der Waals surface area contributed by atoms with E-state index in [1.807, 2.05) is 0 Å². The molecular weight excluding hydrogens is 343 g/mol. The number of carbonyl (C=O) groups excluding carboxylic acids is 2. The smallest absolute Gasteiger partial charge is 0.522 e. The highest BCUT2D eigenvalue weighted by Gasteiger charge is 2.35. The van der Waals surface area contributed by atoms with Gasteiger partial charge in [-0.3, -0.25) is 9.59 Å². The summed E-state index contributed by atoms with van der Waals surface area (Å²) in [5.41, 5.74) is 5.60. The molecule has 0 saturated carbocycles. The van der Waals surface area contributed by atoms with Gasteiger partial charge in [0.1, 0.15) is 23.2 Å². The number of likely N-dealkylation sites (tertiary alicyclic amines) is 1. The number of nitrogens with two attached hydrogens (primary N) is 1. The molecule has 2 aliphatic rings. The summed E-state index contributed by atoms with van der Waals surface area (Å²) in [6, 6.07) is 3.29. The van der Waals surface area contributed by atoms with Crippen molar-refractivity contribution < 1.29 is 33.9 Å². The standard InChI is InChI=1S/C16H19BN2O7/c18-12(20)3-4-13(21)19-7-10(8-19)25-11-2-1-9-5-6-17(24)26-15(9)14(11)16(22)23/h1-2,10,24H,3-8H2,(H2,18,20)(H,22,23). The highest BCUT2D eigenvalue weighted by atomic mass is 16.5. The molecule has 0 aromatic heterocycles. The normalized spacial score (nSPS) is 16.3. The number of rotatable bonds is 6. The number of amides is 2. The van der Waals surface area contributed by atoms with Crippen molar-refractivity contribution in [1.29, 1.82) is 0 Å². The van der Waals surface area contributed by atoms with Crippen molar-refractivity contribution in [2.24, 2.45) is 5.73 Å². The summed E-state index contributed by atoms with van der Waals surface area (Å²) in [7, 11) is -1.04. The monoisotopic (exact) mass is 362 g/mol. The van der Waals surface area contributed by atoms with Gasteiger partial charge in [-0.1, -0.05) is 6.07 Å². The van der Waals surface area contributed by atoms with Gasteiger partial charge in [-0.05, 0) is 24.4 Å². The Balaban J connectivity index is 1.66. The van der Waals surface area contributed by atoms with E-state index in [1.54, 1.807) is 12.1 Å². The lowest BCUT2D eigenvalue weighted by Gasteiger charge is -2.39. The van der Waals surface area contributed by atoms with Gasteiger partial charge in [0.15, 0.2) is 0 Å². The fraction of sp³-hybridized carbons (Fsp3) is 0.438. The van der Waals surface area contributed by atoms with Crippen LogP contribution < -0.4 is 15.1 Å². The Labute approximate surface area is 149 Å². The van der Waals surface area contributed by atoms with Crippen LogP contribution in [-0.2, 0) is 16.0 Å². The summed E-state index contributed by atoms with van der Waals surface area (Å²) < 4.78 is 11.0. The van der Waals surface area contributed by atoms with Gasteiger partial charge >= 0.3 is 13.1 Å². The van der Waals surface area contributed by atoms with Crippen LogP contribution in [0.5, 0.6) is 11.5 Å². The fourth-order valence-corrected chi connectivity index (χ4v) is 3.00. The van der Waals surface area contributed by atoms with Gasteiger partial charge in [0.25, 0.3) is 0 Å². The summed E-state index contributed by atoms with van der Waals surface area (Å²) in [6.07, 6.45) is 0.610. The summed E-state index contributed by atoms with van der Waals surface area (Å²) in [5.74, 6) is -1.67. The van der Waals surface area contributed by atoms with Crippen LogP contribution in [0.4, 0.5) is 0 Å². The number of nitrogens with zero attached hydrogens (tertiary/aromatic N) is 1. The topological polar surface area (TPSA) is 139 Å². The molecule has 1 aromatic carbocycles. The number of carboxylic acids is 1. The largest absolute Gasteiger partial charge is 0.535 e. The van der Waals surface area contributed by atoms with E-state index in [4.69, 9.17) is 15.1 Å². The van der Waals surface area contributed by atoms with Crippen LogP contribution in [0.15, 0.2) is 12.1 Å². The second-order valence-electron chi connectivity index (χ2n) is 6.35. The maximum Gasteiger partial charge on any atom is 0.522 e. The van der Waals surface area contributed by atoms with Crippen molar-refractivity contribution in [3.05, 3.63) is 23.3 Å². The van der Waals surface area contributed by atoms with E-state index in [0.717, 1.165) is 0 Å². The summed E-state index contributed by atoms with van der Waals surface area (Å²) in [5, 5.41) is 19.2. The van der Waals surface area contributed by atoms with Crippen LogP contribution in [0.2, 0.25) is 6.32 Å². The van der Waals surface area contributed by atoms with Gasteiger partial charge in [-0.25, -0.2) is 4.79 Å². The molecule has 9 nitrogen and oxygen atoms in total. The molecule has 2 amide bonds. The van der Waals surface area contributed by atoms with Gasteiger partial charge in [0.05, 0.1) is 13.1 Å². The summed E-state index contributed by atoms with van der Waals surface area (Å²) >= 11 is 0. The van der Waals surface area contributed by atoms with Gasteiger partial charge in [0.2, 0.25) is 11.8 Å². The van der Waals surface area contributed by atoms with Gasteiger partial charge in [-0.15, -0.1) is 0 Å². The van der Waals surface area contributed by atoms with Gasteiger partial charge in [0, 0.05) is 12.8 Å². The second-order valence-corrected chi connectivity index (χ2v) is 6.35. The number of aryl methyl sites for hydroxylation is 1. The molecule has 0 radical (unpaired) electrons. The van der Waals surface area contributed by atoms with Crippen molar-refractivity contribution in [3.63, 3.8) is 0 Å². The zero-order valence-corrected chi connectivity index (χ0v) is 14.0. The molecule has 0 unspecified atom stereocenters. The Hall–Kier alpha value is -2.75. The molecule has 0 atom stereocenters. The zero-order valence-electron chi connectivity index (χ0n) is 14.0. The number of benzene rings is 1. The van der Waals surface area contributed by atoms with Gasteiger partial charge < -0.3 is 30.2 Å². The molecule has 2 aliphatic heterocycles. The SMILES string of the molecule is NC(=O)CCC(=O)N1CC(Oc2ccc3c(c2C(=O)O)OB(O)CC3)C1. The molecule has 1 fully saturated rings. The molecule has 2 heterocycles. The first-order chi connectivity index (χ1) is 12.3. The molecule has 26 heavy (non-hydrogen) atoms. The van der Waals surface area contributed by atoms with Crippen molar-refractivity contribution in [1.82, 2.24) is 4.90 Å². The van der Waals surface area contributed by atoms with E-state index >= 15 is 0 Å². The van der Waals surface area contributed by atoms with Gasteiger partial charge in [-0.2, -0.15) is 0 Å².